The number of ether oxygens (including phenoxy) is 1. The molecule has 1 heterocycles. The van der Waals surface area contributed by atoms with Crippen molar-refractivity contribution in [2.75, 3.05) is 20.3 Å². The summed E-state index contributed by atoms with van der Waals surface area (Å²) in [7, 11) is 1.71. The molecule has 1 aromatic rings. The molecule has 0 saturated heterocycles. The number of nitrogens with two attached hydrogens (primary N) is 1. The maximum Gasteiger partial charge on any atom is 0.0934 e. The van der Waals surface area contributed by atoms with Crippen LogP contribution in [-0.4, -0.2) is 20.3 Å². The lowest BCUT2D eigenvalue weighted by Gasteiger charge is -2.04. The molecule has 84 valence electrons. The van der Waals surface area contributed by atoms with Crippen molar-refractivity contribution in [2.24, 2.45) is 5.73 Å². The predicted molar refractivity (Wildman–Crippen MR) is 67.5 cm³/mol. The minimum atomic E-state index is 0.662. The normalized spacial score (nSPS) is 12.1. The summed E-state index contributed by atoms with van der Waals surface area (Å²) >= 11 is 7.44. The van der Waals surface area contributed by atoms with Crippen molar-refractivity contribution in [3.8, 4) is 0 Å². The van der Waals surface area contributed by atoms with Gasteiger partial charge in [-0.2, -0.15) is 0 Å². The molecule has 0 spiro atoms. The lowest BCUT2D eigenvalue weighted by molar-refractivity contribution is 0.223. The molecule has 0 atom stereocenters. The number of halogens is 1. The van der Waals surface area contributed by atoms with Gasteiger partial charge in [0.25, 0.3) is 0 Å². The van der Waals surface area contributed by atoms with Gasteiger partial charge < -0.3 is 10.5 Å². The molecule has 0 aromatic carbocycles. The van der Waals surface area contributed by atoms with Crippen molar-refractivity contribution >= 4 is 29.0 Å². The van der Waals surface area contributed by atoms with E-state index in [2.05, 4.69) is 6.08 Å². The van der Waals surface area contributed by atoms with Crippen LogP contribution >= 0.6 is 22.9 Å². The highest BCUT2D eigenvalue weighted by atomic mass is 35.5. The van der Waals surface area contributed by atoms with Gasteiger partial charge in [-0.15, -0.1) is 11.3 Å². The van der Waals surface area contributed by atoms with Crippen LogP contribution in [0.2, 0.25) is 4.34 Å². The van der Waals surface area contributed by atoms with Gasteiger partial charge in [-0.05, 0) is 43.2 Å². The Morgan fingerprint density at radius 3 is 2.93 bits per heavy atom. The molecule has 1 rings (SSSR count). The highest BCUT2D eigenvalue weighted by Crippen LogP contribution is 2.24. The Bertz CT molecular complexity index is 322. The van der Waals surface area contributed by atoms with Gasteiger partial charge in [0.05, 0.1) is 10.9 Å². The van der Waals surface area contributed by atoms with Crippen molar-refractivity contribution in [1.29, 1.82) is 0 Å². The summed E-state index contributed by atoms with van der Waals surface area (Å²) < 4.78 is 5.96. The highest BCUT2D eigenvalue weighted by Gasteiger charge is 1.99. The van der Waals surface area contributed by atoms with Crippen LogP contribution in [-0.2, 0) is 4.74 Å². The van der Waals surface area contributed by atoms with Gasteiger partial charge in [0.1, 0.15) is 0 Å². The number of thiophene rings is 1. The Morgan fingerprint density at radius 1 is 1.60 bits per heavy atom. The lowest BCUT2D eigenvalue weighted by atomic mass is 10.1. The van der Waals surface area contributed by atoms with E-state index in [4.69, 9.17) is 22.1 Å². The Hall–Kier alpha value is -0.350. The summed E-state index contributed by atoms with van der Waals surface area (Å²) in [6, 6.07) is 3.93. The highest BCUT2D eigenvalue weighted by molar-refractivity contribution is 7.17. The average Bonchev–Trinajstić information content (AvgIpc) is 2.61. The van der Waals surface area contributed by atoms with Crippen molar-refractivity contribution in [1.82, 2.24) is 0 Å². The zero-order chi connectivity index (χ0) is 11.1. The third-order valence-electron chi connectivity index (χ3n) is 1.97. The molecule has 4 heteroatoms. The zero-order valence-corrected chi connectivity index (χ0v) is 10.4. The maximum absolute atomic E-state index is 5.86. The molecule has 0 bridgehead atoms. The SMILES string of the molecule is COC/C(=C/c1ccc(Cl)s1)CCCN. The number of methoxy groups -OCH3 is 1. The van der Waals surface area contributed by atoms with Crippen LogP contribution in [0.3, 0.4) is 0 Å². The molecule has 0 fully saturated rings. The fraction of sp³-hybridized carbons (Fsp3) is 0.455. The van der Waals surface area contributed by atoms with E-state index in [-0.39, 0.29) is 0 Å². The summed E-state index contributed by atoms with van der Waals surface area (Å²) in [5.41, 5.74) is 6.75. The van der Waals surface area contributed by atoms with Gasteiger partial charge in [-0.3, -0.25) is 0 Å². The van der Waals surface area contributed by atoms with E-state index in [0.717, 1.165) is 17.2 Å². The molecular formula is C11H16ClNOS. The summed E-state index contributed by atoms with van der Waals surface area (Å²) in [5.74, 6) is 0. The standard InChI is InChI=1S/C11H16ClNOS/c1-14-8-9(3-2-6-13)7-10-4-5-11(12)15-10/h4-5,7H,2-3,6,8,13H2,1H3/b9-7+. The Kier molecular flexibility index (Phi) is 5.95. The van der Waals surface area contributed by atoms with Gasteiger partial charge in [-0.1, -0.05) is 11.6 Å². The maximum atomic E-state index is 5.86. The first kappa shape index (κ1) is 12.7. The van der Waals surface area contributed by atoms with Gasteiger partial charge in [0.15, 0.2) is 0 Å². The van der Waals surface area contributed by atoms with E-state index in [1.165, 1.54) is 10.5 Å². The molecule has 0 unspecified atom stereocenters. The molecule has 2 nitrogen and oxygen atoms in total. The van der Waals surface area contributed by atoms with Crippen LogP contribution in [0.4, 0.5) is 0 Å². The lowest BCUT2D eigenvalue weighted by Crippen LogP contribution is -2.01. The van der Waals surface area contributed by atoms with E-state index in [1.54, 1.807) is 18.4 Å². The second-order valence-corrected chi connectivity index (χ2v) is 5.02. The average molecular weight is 246 g/mol. The van der Waals surface area contributed by atoms with Gasteiger partial charge in [0.2, 0.25) is 0 Å². The van der Waals surface area contributed by atoms with Crippen LogP contribution in [0.5, 0.6) is 0 Å². The summed E-state index contributed by atoms with van der Waals surface area (Å²) in [5, 5.41) is 0. The van der Waals surface area contributed by atoms with Crippen LogP contribution < -0.4 is 5.73 Å². The molecule has 0 aliphatic carbocycles. The number of rotatable bonds is 6. The minimum Gasteiger partial charge on any atom is -0.380 e. The van der Waals surface area contributed by atoms with Crippen molar-refractivity contribution in [2.45, 2.75) is 12.8 Å². The van der Waals surface area contributed by atoms with Gasteiger partial charge in [0, 0.05) is 12.0 Å². The van der Waals surface area contributed by atoms with E-state index >= 15 is 0 Å². The third-order valence-corrected chi connectivity index (χ3v) is 3.15. The number of hydrogen-bond acceptors (Lipinski definition) is 3. The monoisotopic (exact) mass is 245 g/mol. The second kappa shape index (κ2) is 7.01. The molecule has 0 radical (unpaired) electrons. The smallest absolute Gasteiger partial charge is 0.0934 e. The van der Waals surface area contributed by atoms with Crippen LogP contribution in [0.1, 0.15) is 17.7 Å². The second-order valence-electron chi connectivity index (χ2n) is 3.27. The van der Waals surface area contributed by atoms with Crippen molar-refractivity contribution in [3.05, 3.63) is 26.9 Å². The van der Waals surface area contributed by atoms with Crippen LogP contribution in [0, 0.1) is 0 Å². The molecule has 15 heavy (non-hydrogen) atoms. The fourth-order valence-corrected chi connectivity index (χ4v) is 2.36. The first-order valence-corrected chi connectivity index (χ1v) is 6.09. The van der Waals surface area contributed by atoms with Crippen LogP contribution in [0.15, 0.2) is 17.7 Å². The van der Waals surface area contributed by atoms with E-state index in [0.29, 0.717) is 13.2 Å². The quantitative estimate of drug-likeness (QED) is 0.836. The summed E-state index contributed by atoms with van der Waals surface area (Å²) in [6.45, 7) is 1.38. The van der Waals surface area contributed by atoms with E-state index in [1.807, 2.05) is 12.1 Å². The molecule has 0 amide bonds. The minimum absolute atomic E-state index is 0.662. The first-order chi connectivity index (χ1) is 7.26. The van der Waals surface area contributed by atoms with Crippen LogP contribution in [0.25, 0.3) is 6.08 Å². The number of hydrogen-bond donors (Lipinski definition) is 1. The first-order valence-electron chi connectivity index (χ1n) is 4.90. The topological polar surface area (TPSA) is 35.2 Å². The summed E-state index contributed by atoms with van der Waals surface area (Å²) in [4.78, 5) is 1.17. The molecule has 1 aromatic heterocycles. The van der Waals surface area contributed by atoms with Gasteiger partial charge >= 0.3 is 0 Å². The molecule has 0 aliphatic heterocycles. The van der Waals surface area contributed by atoms with Crippen molar-refractivity contribution in [3.63, 3.8) is 0 Å². The Labute approximate surface area is 99.7 Å². The molecule has 2 N–H and O–H groups in total. The fourth-order valence-electron chi connectivity index (χ4n) is 1.31. The Balaban J connectivity index is 2.64. The molecular weight excluding hydrogens is 230 g/mol. The molecule has 0 saturated carbocycles. The third kappa shape index (κ3) is 4.80. The van der Waals surface area contributed by atoms with E-state index in [9.17, 15) is 0 Å². The predicted octanol–water partition coefficient (Wildman–Crippen LogP) is 3.17. The largest absolute Gasteiger partial charge is 0.380 e. The zero-order valence-electron chi connectivity index (χ0n) is 8.83. The summed E-state index contributed by atoms with van der Waals surface area (Å²) in [6.07, 6.45) is 4.11. The Morgan fingerprint density at radius 2 is 2.40 bits per heavy atom. The van der Waals surface area contributed by atoms with Gasteiger partial charge in [-0.25, -0.2) is 0 Å². The van der Waals surface area contributed by atoms with E-state index < -0.39 is 0 Å². The molecule has 0 aliphatic rings. The van der Waals surface area contributed by atoms with Crippen molar-refractivity contribution < 1.29 is 4.74 Å².